The summed E-state index contributed by atoms with van der Waals surface area (Å²) in [5, 5.41) is 10.8. The molecule has 0 aliphatic carbocycles. The molecular weight excluding hydrogens is 302 g/mol. The van der Waals surface area contributed by atoms with E-state index < -0.39 is 15.9 Å². The Balaban J connectivity index is 2.60. The highest BCUT2D eigenvalue weighted by atomic mass is 32.2. The largest absolute Gasteiger partial charge is 0.354 e. The number of sulfonamides is 1. The van der Waals surface area contributed by atoms with Gasteiger partial charge in [-0.25, -0.2) is 13.1 Å². The number of carbonyl (C=O) groups is 1. The molecule has 0 atom stereocenters. The molecule has 2 N–H and O–H groups in total. The molecule has 0 heterocycles. The smallest absolute Gasteiger partial charge is 0.240 e. The molecule has 0 saturated carbocycles. The van der Waals surface area contributed by atoms with Crippen molar-refractivity contribution in [2.45, 2.75) is 37.5 Å². The van der Waals surface area contributed by atoms with Crippen LogP contribution < -0.4 is 10.0 Å². The van der Waals surface area contributed by atoms with Crippen molar-refractivity contribution in [1.82, 2.24) is 10.0 Å². The molecule has 0 fully saturated rings. The molecule has 0 spiro atoms. The zero-order chi connectivity index (χ0) is 16.8. The maximum absolute atomic E-state index is 12.1. The fourth-order valence-electron chi connectivity index (χ4n) is 1.74. The van der Waals surface area contributed by atoms with Gasteiger partial charge in [-0.1, -0.05) is 32.9 Å². The summed E-state index contributed by atoms with van der Waals surface area (Å²) < 4.78 is 26.6. The molecule has 7 heteroatoms. The van der Waals surface area contributed by atoms with Crippen LogP contribution in [0, 0.1) is 11.3 Å². The second-order valence-corrected chi connectivity index (χ2v) is 7.62. The summed E-state index contributed by atoms with van der Waals surface area (Å²) in [5.74, 6) is -0.420. The number of nitriles is 1. The van der Waals surface area contributed by atoms with E-state index in [-0.39, 0.29) is 29.8 Å². The van der Waals surface area contributed by atoms with Crippen molar-refractivity contribution in [1.29, 1.82) is 5.26 Å². The predicted octanol–water partition coefficient (Wildman–Crippen LogP) is 1.29. The third-order valence-corrected chi connectivity index (χ3v) is 4.49. The Kier molecular flexibility index (Phi) is 6.09. The van der Waals surface area contributed by atoms with Crippen molar-refractivity contribution in [3.05, 3.63) is 29.8 Å². The quantitative estimate of drug-likeness (QED) is 0.771. The Morgan fingerprint density at radius 3 is 2.27 bits per heavy atom. The molecular formula is C15H21N3O3S. The topological polar surface area (TPSA) is 99.1 Å². The summed E-state index contributed by atoms with van der Waals surface area (Å²) in [7, 11) is -3.60. The Morgan fingerprint density at radius 2 is 1.77 bits per heavy atom. The first kappa shape index (κ1) is 18.1. The lowest BCUT2D eigenvalue weighted by Crippen LogP contribution is -2.34. The molecule has 0 bridgehead atoms. The van der Waals surface area contributed by atoms with E-state index in [1.165, 1.54) is 0 Å². The van der Waals surface area contributed by atoms with E-state index in [2.05, 4.69) is 30.8 Å². The van der Waals surface area contributed by atoms with Crippen molar-refractivity contribution in [3.63, 3.8) is 0 Å². The molecule has 0 unspecified atom stereocenters. The molecule has 6 nitrogen and oxygen atoms in total. The van der Waals surface area contributed by atoms with E-state index in [0.29, 0.717) is 0 Å². The molecule has 1 rings (SSSR count). The molecule has 1 amide bonds. The minimum absolute atomic E-state index is 0.0409. The summed E-state index contributed by atoms with van der Waals surface area (Å²) >= 11 is 0. The standard InChI is InChI=1S/C15H21N3O3S/c1-15(2,3)12-4-6-13(7-5-12)22(20,21)18-11-10-17-14(19)8-9-16/h4-7,18H,8,10-11H2,1-3H3,(H,17,19). The van der Waals surface area contributed by atoms with Gasteiger partial charge in [-0.3, -0.25) is 4.79 Å². The van der Waals surface area contributed by atoms with Gasteiger partial charge in [-0.15, -0.1) is 0 Å². The summed E-state index contributed by atoms with van der Waals surface area (Å²) in [6.07, 6.45) is -0.235. The first-order valence-electron chi connectivity index (χ1n) is 6.90. The Hall–Kier alpha value is -1.91. The first-order chi connectivity index (χ1) is 10.2. The van der Waals surface area contributed by atoms with E-state index in [1.54, 1.807) is 30.3 Å². The molecule has 22 heavy (non-hydrogen) atoms. The van der Waals surface area contributed by atoms with Gasteiger partial charge >= 0.3 is 0 Å². The lowest BCUT2D eigenvalue weighted by Gasteiger charge is -2.19. The summed E-state index contributed by atoms with van der Waals surface area (Å²) in [6.45, 7) is 6.37. The van der Waals surface area contributed by atoms with Crippen LogP contribution in [0.4, 0.5) is 0 Å². The van der Waals surface area contributed by atoms with Gasteiger partial charge in [0.15, 0.2) is 0 Å². The summed E-state index contributed by atoms with van der Waals surface area (Å²) in [6, 6.07) is 8.44. The van der Waals surface area contributed by atoms with Gasteiger partial charge in [-0.2, -0.15) is 5.26 Å². The van der Waals surface area contributed by atoms with Crippen LogP contribution in [0.3, 0.4) is 0 Å². The molecule has 0 radical (unpaired) electrons. The number of hydrogen-bond acceptors (Lipinski definition) is 4. The van der Waals surface area contributed by atoms with Crippen LogP contribution in [0.15, 0.2) is 29.2 Å². The van der Waals surface area contributed by atoms with Gasteiger partial charge in [0.05, 0.1) is 11.0 Å². The number of hydrogen-bond donors (Lipinski definition) is 2. The Morgan fingerprint density at radius 1 is 1.18 bits per heavy atom. The van der Waals surface area contributed by atoms with Crippen molar-refractivity contribution in [2.24, 2.45) is 0 Å². The zero-order valence-electron chi connectivity index (χ0n) is 13.0. The van der Waals surface area contributed by atoms with Gasteiger partial charge < -0.3 is 5.32 Å². The average molecular weight is 323 g/mol. The van der Waals surface area contributed by atoms with Gasteiger partial charge in [0, 0.05) is 13.1 Å². The fourth-order valence-corrected chi connectivity index (χ4v) is 2.77. The number of amides is 1. The van der Waals surface area contributed by atoms with E-state index in [0.717, 1.165) is 5.56 Å². The minimum Gasteiger partial charge on any atom is -0.354 e. The van der Waals surface area contributed by atoms with Gasteiger partial charge in [0.1, 0.15) is 6.42 Å². The highest BCUT2D eigenvalue weighted by molar-refractivity contribution is 7.89. The van der Waals surface area contributed by atoms with E-state index in [4.69, 9.17) is 5.26 Å². The maximum Gasteiger partial charge on any atom is 0.240 e. The van der Waals surface area contributed by atoms with Crippen molar-refractivity contribution < 1.29 is 13.2 Å². The van der Waals surface area contributed by atoms with Gasteiger partial charge in [0.2, 0.25) is 15.9 Å². The van der Waals surface area contributed by atoms with Crippen LogP contribution in [0.2, 0.25) is 0 Å². The number of nitrogens with zero attached hydrogens (tertiary/aromatic N) is 1. The van der Waals surface area contributed by atoms with E-state index >= 15 is 0 Å². The third-order valence-electron chi connectivity index (χ3n) is 3.01. The number of carbonyl (C=O) groups excluding carboxylic acids is 1. The lowest BCUT2D eigenvalue weighted by atomic mass is 9.87. The van der Waals surface area contributed by atoms with E-state index in [9.17, 15) is 13.2 Å². The molecule has 0 aromatic heterocycles. The van der Waals surface area contributed by atoms with Gasteiger partial charge in [-0.05, 0) is 23.1 Å². The molecule has 0 saturated heterocycles. The molecule has 120 valence electrons. The van der Waals surface area contributed by atoms with Crippen LogP contribution in [0.25, 0.3) is 0 Å². The third kappa shape index (κ3) is 5.47. The Labute approximate surface area is 131 Å². The zero-order valence-corrected chi connectivity index (χ0v) is 13.8. The fraction of sp³-hybridized carbons (Fsp3) is 0.467. The second kappa shape index (κ2) is 7.38. The van der Waals surface area contributed by atoms with Crippen LogP contribution in [-0.4, -0.2) is 27.4 Å². The van der Waals surface area contributed by atoms with Gasteiger partial charge in [0.25, 0.3) is 0 Å². The lowest BCUT2D eigenvalue weighted by molar-refractivity contribution is -0.120. The average Bonchev–Trinajstić information content (AvgIpc) is 2.43. The monoisotopic (exact) mass is 323 g/mol. The van der Waals surface area contributed by atoms with Crippen LogP contribution >= 0.6 is 0 Å². The van der Waals surface area contributed by atoms with Crippen LogP contribution in [-0.2, 0) is 20.2 Å². The minimum atomic E-state index is -3.60. The van der Waals surface area contributed by atoms with Crippen molar-refractivity contribution in [2.75, 3.05) is 13.1 Å². The summed E-state index contributed by atoms with van der Waals surface area (Å²) in [5.41, 5.74) is 1.01. The SMILES string of the molecule is CC(C)(C)c1ccc(S(=O)(=O)NCCNC(=O)CC#N)cc1. The van der Waals surface area contributed by atoms with E-state index in [1.807, 2.05) is 0 Å². The first-order valence-corrected chi connectivity index (χ1v) is 8.39. The molecule has 0 aliphatic heterocycles. The molecule has 1 aromatic rings. The Bertz CT molecular complexity index is 653. The highest BCUT2D eigenvalue weighted by Gasteiger charge is 2.17. The maximum atomic E-state index is 12.1. The normalized spacial score (nSPS) is 11.7. The second-order valence-electron chi connectivity index (χ2n) is 5.86. The van der Waals surface area contributed by atoms with Crippen LogP contribution in [0.5, 0.6) is 0 Å². The van der Waals surface area contributed by atoms with Crippen molar-refractivity contribution >= 4 is 15.9 Å². The summed E-state index contributed by atoms with van der Waals surface area (Å²) in [4.78, 5) is 11.2. The van der Waals surface area contributed by atoms with Crippen LogP contribution in [0.1, 0.15) is 32.8 Å². The molecule has 1 aromatic carbocycles. The molecule has 0 aliphatic rings. The highest BCUT2D eigenvalue weighted by Crippen LogP contribution is 2.23. The number of benzene rings is 1. The van der Waals surface area contributed by atoms with Crippen molar-refractivity contribution in [3.8, 4) is 6.07 Å². The number of rotatable bonds is 6. The predicted molar refractivity (Wildman–Crippen MR) is 83.6 cm³/mol. The number of nitrogens with one attached hydrogen (secondary N) is 2.